The minimum Gasteiger partial charge on any atom is -0.382 e. The Hall–Kier alpha value is -0.880. The van der Waals surface area contributed by atoms with E-state index in [0.717, 1.165) is 0 Å². The zero-order valence-corrected chi connectivity index (χ0v) is 11.8. The van der Waals surface area contributed by atoms with Gasteiger partial charge in [-0.1, -0.05) is 35.0 Å². The van der Waals surface area contributed by atoms with Crippen molar-refractivity contribution in [2.75, 3.05) is 11.1 Å². The second kappa shape index (κ2) is 6.16. The molecule has 0 N–H and O–H groups in total. The maximum absolute atomic E-state index is 11.4. The van der Waals surface area contributed by atoms with Crippen LogP contribution in [0.3, 0.4) is 0 Å². The van der Waals surface area contributed by atoms with Crippen molar-refractivity contribution < 1.29 is 17.4 Å². The van der Waals surface area contributed by atoms with E-state index in [9.17, 15) is 13.2 Å². The lowest BCUT2D eigenvalue weighted by Gasteiger charge is -2.06. The van der Waals surface area contributed by atoms with Crippen molar-refractivity contribution in [1.29, 1.82) is 0 Å². The molecule has 0 spiro atoms. The second-order valence-corrected chi connectivity index (χ2v) is 5.68. The lowest BCUT2D eigenvalue weighted by molar-refractivity contribution is 0.102. The lowest BCUT2D eigenvalue weighted by atomic mass is 10.1. The first-order valence-corrected chi connectivity index (χ1v) is 7.80. The zero-order valence-electron chi connectivity index (χ0n) is 9.35. The first kappa shape index (κ1) is 14.2. The molecule has 1 aromatic carbocycles. The fourth-order valence-electron chi connectivity index (χ4n) is 1.24. The van der Waals surface area contributed by atoms with Gasteiger partial charge >= 0.3 is 10.1 Å². The van der Waals surface area contributed by atoms with Gasteiger partial charge in [0.25, 0.3) is 0 Å². The van der Waals surface area contributed by atoms with Crippen LogP contribution in [0.15, 0.2) is 24.3 Å². The van der Waals surface area contributed by atoms with Crippen LogP contribution in [0, 0.1) is 0 Å². The summed E-state index contributed by atoms with van der Waals surface area (Å²) < 4.78 is 27.8. The first-order valence-electron chi connectivity index (χ1n) is 5.10. The molecule has 6 heteroatoms. The number of hydrogen-bond acceptors (Lipinski definition) is 4. The number of halogens is 1. The molecule has 0 aromatic heterocycles. The molecule has 0 radical (unpaired) electrons. The number of carbonyl (C=O) groups is 1. The van der Waals surface area contributed by atoms with Crippen LogP contribution in [0.1, 0.15) is 23.7 Å². The summed E-state index contributed by atoms with van der Waals surface area (Å²) in [7, 11) is -3.56. The van der Waals surface area contributed by atoms with Crippen LogP contribution < -0.4 is 4.18 Å². The molecule has 17 heavy (non-hydrogen) atoms. The summed E-state index contributed by atoms with van der Waals surface area (Å²) in [5.41, 5.74) is 0.422. The van der Waals surface area contributed by atoms with Crippen molar-refractivity contribution in [2.45, 2.75) is 13.3 Å². The monoisotopic (exact) mass is 320 g/mol. The van der Waals surface area contributed by atoms with Crippen molar-refractivity contribution in [3.8, 4) is 5.75 Å². The average molecular weight is 321 g/mol. The van der Waals surface area contributed by atoms with E-state index in [1.807, 2.05) is 0 Å². The number of ketones is 1. The molecule has 1 rings (SSSR count). The van der Waals surface area contributed by atoms with E-state index in [1.165, 1.54) is 12.1 Å². The molecular weight excluding hydrogens is 308 g/mol. The zero-order chi connectivity index (χ0) is 12.9. The molecule has 0 bridgehead atoms. The number of carbonyl (C=O) groups excluding carboxylic acids is 1. The Labute approximate surface area is 109 Å². The number of hydrogen-bond donors (Lipinski definition) is 0. The lowest BCUT2D eigenvalue weighted by Crippen LogP contribution is -2.13. The van der Waals surface area contributed by atoms with E-state index >= 15 is 0 Å². The van der Waals surface area contributed by atoms with Gasteiger partial charge in [-0.05, 0) is 18.6 Å². The van der Waals surface area contributed by atoms with E-state index < -0.39 is 10.1 Å². The molecule has 0 aliphatic rings. The van der Waals surface area contributed by atoms with Crippen molar-refractivity contribution in [3.05, 3.63) is 29.8 Å². The Morgan fingerprint density at radius 3 is 2.71 bits per heavy atom. The van der Waals surface area contributed by atoms with Crippen molar-refractivity contribution in [3.63, 3.8) is 0 Å². The summed E-state index contributed by atoms with van der Waals surface area (Å²) in [5.74, 6) is 0.0115. The predicted molar refractivity (Wildman–Crippen MR) is 69.3 cm³/mol. The van der Waals surface area contributed by atoms with E-state index in [-0.39, 0.29) is 22.6 Å². The van der Waals surface area contributed by atoms with E-state index in [0.29, 0.717) is 12.0 Å². The van der Waals surface area contributed by atoms with Gasteiger partial charge in [0.2, 0.25) is 0 Å². The molecule has 4 nitrogen and oxygen atoms in total. The fourth-order valence-corrected chi connectivity index (χ4v) is 2.54. The number of Topliss-reactive ketones (excluding diaryl/α,β-unsaturated/α-hetero) is 1. The first-order chi connectivity index (χ1) is 7.98. The normalized spacial score (nSPS) is 11.2. The van der Waals surface area contributed by atoms with Crippen LogP contribution in [0.4, 0.5) is 0 Å². The van der Waals surface area contributed by atoms with Gasteiger partial charge in [-0.2, -0.15) is 8.42 Å². The van der Waals surface area contributed by atoms with Crippen molar-refractivity contribution in [2.24, 2.45) is 0 Å². The molecule has 0 heterocycles. The van der Waals surface area contributed by atoms with E-state index in [4.69, 9.17) is 4.18 Å². The molecule has 1 aromatic rings. The Morgan fingerprint density at radius 1 is 1.41 bits per heavy atom. The van der Waals surface area contributed by atoms with Gasteiger partial charge in [0, 0.05) is 5.56 Å². The molecule has 0 fully saturated rings. The molecule has 0 unspecified atom stereocenters. The Balaban J connectivity index is 2.90. The Morgan fingerprint density at radius 2 is 2.12 bits per heavy atom. The Bertz CT molecular complexity index is 496. The molecule has 0 aliphatic carbocycles. The SMILES string of the molecule is CCCS(=O)(=O)Oc1cccc(C(=O)CBr)c1. The van der Waals surface area contributed by atoms with Gasteiger partial charge < -0.3 is 4.18 Å². The minimum atomic E-state index is -3.56. The molecule has 0 saturated heterocycles. The van der Waals surface area contributed by atoms with Gasteiger partial charge in [0.15, 0.2) is 5.78 Å². The highest BCUT2D eigenvalue weighted by molar-refractivity contribution is 9.09. The summed E-state index contributed by atoms with van der Waals surface area (Å²) in [4.78, 5) is 11.4. The molecular formula is C11H13BrO4S. The number of benzene rings is 1. The van der Waals surface area contributed by atoms with Crippen molar-refractivity contribution >= 4 is 31.8 Å². The van der Waals surface area contributed by atoms with Gasteiger partial charge in [-0.3, -0.25) is 4.79 Å². The molecule has 0 atom stereocenters. The highest BCUT2D eigenvalue weighted by Crippen LogP contribution is 2.16. The standard InChI is InChI=1S/C11H13BrO4S/c1-2-6-17(14,15)16-10-5-3-4-9(7-10)11(13)8-12/h3-5,7H,2,6,8H2,1H3. The third-order valence-corrected chi connectivity index (χ3v) is 3.82. The highest BCUT2D eigenvalue weighted by Gasteiger charge is 2.12. The van der Waals surface area contributed by atoms with Crippen LogP contribution in [-0.2, 0) is 10.1 Å². The minimum absolute atomic E-state index is 0.0381. The van der Waals surface area contributed by atoms with Crippen LogP contribution >= 0.6 is 15.9 Å². The number of rotatable bonds is 6. The fraction of sp³-hybridized carbons (Fsp3) is 0.364. The smallest absolute Gasteiger partial charge is 0.309 e. The maximum Gasteiger partial charge on any atom is 0.309 e. The van der Waals surface area contributed by atoms with Gasteiger partial charge in [0.05, 0.1) is 11.1 Å². The topological polar surface area (TPSA) is 60.4 Å². The summed E-state index contributed by atoms with van der Waals surface area (Å²) in [5, 5.41) is 0.193. The van der Waals surface area contributed by atoms with E-state index in [2.05, 4.69) is 15.9 Å². The summed E-state index contributed by atoms with van der Waals surface area (Å²) in [6.07, 6.45) is 0.488. The number of alkyl halides is 1. The highest BCUT2D eigenvalue weighted by atomic mass is 79.9. The van der Waals surface area contributed by atoms with Gasteiger partial charge in [-0.15, -0.1) is 0 Å². The molecule has 94 valence electrons. The van der Waals surface area contributed by atoms with Crippen LogP contribution in [0.5, 0.6) is 5.75 Å². The quantitative estimate of drug-likeness (QED) is 0.458. The summed E-state index contributed by atoms with van der Waals surface area (Å²) in [6, 6.07) is 6.14. The van der Waals surface area contributed by atoms with Crippen molar-refractivity contribution in [1.82, 2.24) is 0 Å². The predicted octanol–water partition coefficient (Wildman–Crippen LogP) is 2.38. The van der Waals surface area contributed by atoms with Gasteiger partial charge in [0.1, 0.15) is 5.75 Å². The molecule has 0 saturated carbocycles. The Kier molecular flexibility index (Phi) is 5.14. The summed E-state index contributed by atoms with van der Waals surface area (Å²) in [6.45, 7) is 1.76. The average Bonchev–Trinajstić information content (AvgIpc) is 2.27. The van der Waals surface area contributed by atoms with Crippen LogP contribution in [-0.4, -0.2) is 25.3 Å². The summed E-state index contributed by atoms with van der Waals surface area (Å²) >= 11 is 3.05. The van der Waals surface area contributed by atoms with Crippen LogP contribution in [0.25, 0.3) is 0 Å². The van der Waals surface area contributed by atoms with Crippen LogP contribution in [0.2, 0.25) is 0 Å². The largest absolute Gasteiger partial charge is 0.382 e. The molecule has 0 aliphatic heterocycles. The third kappa shape index (κ3) is 4.47. The van der Waals surface area contributed by atoms with E-state index in [1.54, 1.807) is 19.1 Å². The third-order valence-electron chi connectivity index (χ3n) is 1.95. The molecule has 0 amide bonds. The maximum atomic E-state index is 11.4. The second-order valence-electron chi connectivity index (χ2n) is 3.43. The van der Waals surface area contributed by atoms with Gasteiger partial charge in [-0.25, -0.2) is 0 Å².